The highest BCUT2D eigenvalue weighted by Gasteiger charge is 2.42. The number of urea groups is 1. The van der Waals surface area contributed by atoms with Crippen LogP contribution in [0.4, 0.5) is 4.79 Å². The largest absolute Gasteiger partial charge is 0.464 e. The minimum atomic E-state index is -1.07. The number of carbonyl (C=O) groups is 5. The first-order valence-corrected chi connectivity index (χ1v) is 24.5. The summed E-state index contributed by atoms with van der Waals surface area (Å²) in [6.07, 6.45) is 4.23. The third-order valence-electron chi connectivity index (χ3n) is 13.6. The number of ether oxygens (including phenoxy) is 1. The van der Waals surface area contributed by atoms with Crippen LogP contribution in [0.1, 0.15) is 89.9 Å². The molecule has 5 amide bonds. The van der Waals surface area contributed by atoms with E-state index in [1.54, 1.807) is 23.9 Å². The summed E-state index contributed by atoms with van der Waals surface area (Å²) in [7, 11) is 3.39. The smallest absolute Gasteiger partial charge is 0.324 e. The number of rotatable bonds is 9. The molecule has 17 heteroatoms. The van der Waals surface area contributed by atoms with Gasteiger partial charge in [-0.05, 0) is 74.3 Å². The lowest BCUT2D eigenvalue weighted by atomic mass is 9.84. The minimum Gasteiger partial charge on any atom is -0.464 e. The molecule has 7 heterocycles. The van der Waals surface area contributed by atoms with E-state index in [0.29, 0.717) is 56.9 Å². The number of nitrogens with zero attached hydrogens (tertiary/aromatic N) is 7. The van der Waals surface area contributed by atoms with E-state index in [0.717, 1.165) is 51.2 Å². The van der Waals surface area contributed by atoms with Crippen molar-refractivity contribution < 1.29 is 28.7 Å². The number of hydrogen-bond donors (Lipinski definition) is 3. The van der Waals surface area contributed by atoms with E-state index in [-0.39, 0.29) is 48.9 Å². The molecule has 16 nitrogen and oxygen atoms in total. The number of esters is 1. The van der Waals surface area contributed by atoms with Gasteiger partial charge in [0, 0.05) is 92.3 Å². The normalized spacial score (nSPS) is 22.6. The zero-order valence-corrected chi connectivity index (χ0v) is 40.7. The lowest BCUT2D eigenvalue weighted by Crippen LogP contribution is -2.62. The molecule has 66 heavy (non-hydrogen) atoms. The number of likely N-dealkylation sites (N-methyl/N-ethyl adjacent to an activating group) is 2. The lowest BCUT2D eigenvalue weighted by molar-refractivity contribution is -0.155. The Morgan fingerprint density at radius 1 is 1.08 bits per heavy atom. The standard InChI is InChI=1S/C49H66N10O6S/c1-10-58-39-16-15-30-21-33(39)34(43(58)32-13-11-18-50-41(32)28(2)3)23-49(6,7)27-65-47(63)35-14-12-19-59(54-35)46(62)36(22-40-52-38(30)26-66-40)53-44(60)42(29(4)5)56(9)48(64)57-20-17-31(25-57)55(8)45(61)37-24-51-37/h11,13,15-16,18,21,26,28-29,31,35-37,42,51,54H,10,12,14,17,19-20,22-25,27H2,1-9H3,(H,53,60)/t31-,35-,36-,37+,42-/m0/s1. The number of thiazole rings is 1. The van der Waals surface area contributed by atoms with Gasteiger partial charge < -0.3 is 34.6 Å². The molecular formula is C49H66N10O6S. The number of pyridine rings is 1. The molecule has 6 bridgehead atoms. The van der Waals surface area contributed by atoms with Gasteiger partial charge in [0.1, 0.15) is 18.1 Å². The number of fused-ring (bicyclic) bond motifs is 6. The van der Waals surface area contributed by atoms with Crippen molar-refractivity contribution in [1.29, 1.82) is 0 Å². The fourth-order valence-corrected chi connectivity index (χ4v) is 10.9. The van der Waals surface area contributed by atoms with Crippen LogP contribution in [-0.4, -0.2) is 141 Å². The Bertz CT molecular complexity index is 2490. The van der Waals surface area contributed by atoms with Crippen molar-refractivity contribution in [3.63, 3.8) is 0 Å². The van der Waals surface area contributed by atoms with Crippen molar-refractivity contribution in [2.75, 3.05) is 46.9 Å². The van der Waals surface area contributed by atoms with E-state index in [1.807, 2.05) is 31.5 Å². The van der Waals surface area contributed by atoms with E-state index >= 15 is 0 Å². The molecule has 3 N–H and O–H groups in total. The molecule has 3 aromatic heterocycles. The summed E-state index contributed by atoms with van der Waals surface area (Å²) in [6, 6.07) is 7.23. The summed E-state index contributed by atoms with van der Waals surface area (Å²) >= 11 is 1.42. The number of amides is 5. The minimum absolute atomic E-state index is 0.0205. The zero-order chi connectivity index (χ0) is 47.2. The van der Waals surface area contributed by atoms with E-state index in [4.69, 9.17) is 14.7 Å². The maximum absolute atomic E-state index is 14.7. The van der Waals surface area contributed by atoms with Crippen molar-refractivity contribution in [2.24, 2.45) is 11.3 Å². The predicted octanol–water partition coefficient (Wildman–Crippen LogP) is 5.20. The molecule has 0 unspecified atom stereocenters. The molecule has 0 saturated carbocycles. The number of aryl methyl sites for hydroxylation is 1. The van der Waals surface area contributed by atoms with Crippen molar-refractivity contribution >= 4 is 52.0 Å². The number of nitrogens with one attached hydrogen (secondary N) is 3. The first-order valence-electron chi connectivity index (χ1n) is 23.6. The summed E-state index contributed by atoms with van der Waals surface area (Å²) < 4.78 is 8.48. The molecule has 3 fully saturated rings. The molecule has 4 aliphatic rings. The van der Waals surface area contributed by atoms with Crippen LogP contribution in [0.15, 0.2) is 41.9 Å². The average Bonchev–Trinajstić information content (AvgIpc) is 3.70. The molecule has 0 spiro atoms. The van der Waals surface area contributed by atoms with Crippen molar-refractivity contribution in [2.45, 2.75) is 123 Å². The Labute approximate surface area is 391 Å². The second-order valence-electron chi connectivity index (χ2n) is 19.9. The van der Waals surface area contributed by atoms with Gasteiger partial charge in [-0.3, -0.25) is 29.2 Å². The molecule has 0 radical (unpaired) electrons. The third-order valence-corrected chi connectivity index (χ3v) is 14.5. The van der Waals surface area contributed by atoms with E-state index in [2.05, 4.69) is 79.5 Å². The maximum atomic E-state index is 14.7. The van der Waals surface area contributed by atoms with Gasteiger partial charge in [0.2, 0.25) is 11.8 Å². The predicted molar refractivity (Wildman–Crippen MR) is 254 cm³/mol. The summed E-state index contributed by atoms with van der Waals surface area (Å²) in [6.45, 7) is 17.2. The van der Waals surface area contributed by atoms with Gasteiger partial charge in [-0.1, -0.05) is 47.6 Å². The Morgan fingerprint density at radius 2 is 1.85 bits per heavy atom. The Kier molecular flexibility index (Phi) is 13.6. The summed E-state index contributed by atoms with van der Waals surface area (Å²) in [5.41, 5.74) is 9.81. The zero-order valence-electron chi connectivity index (χ0n) is 39.8. The Balaban J connectivity index is 1.12. The lowest BCUT2D eigenvalue weighted by Gasteiger charge is -2.37. The Hall–Kier alpha value is -5.39. The molecule has 4 aliphatic heterocycles. The molecule has 1 aromatic carbocycles. The summed E-state index contributed by atoms with van der Waals surface area (Å²) in [5.74, 6) is -1.42. The molecule has 5 atom stereocenters. The van der Waals surface area contributed by atoms with Crippen molar-refractivity contribution in [3.8, 4) is 22.5 Å². The van der Waals surface area contributed by atoms with Crippen LogP contribution in [0.5, 0.6) is 0 Å². The van der Waals surface area contributed by atoms with Gasteiger partial charge >= 0.3 is 12.0 Å². The van der Waals surface area contributed by atoms with Gasteiger partial charge in [0.15, 0.2) is 0 Å². The van der Waals surface area contributed by atoms with Crippen molar-refractivity contribution in [1.82, 2.24) is 50.3 Å². The van der Waals surface area contributed by atoms with Crippen LogP contribution >= 0.6 is 11.3 Å². The van der Waals surface area contributed by atoms with Crippen LogP contribution in [0.25, 0.3) is 33.4 Å². The van der Waals surface area contributed by atoms with E-state index in [9.17, 15) is 24.0 Å². The second kappa shape index (κ2) is 19.1. The van der Waals surface area contributed by atoms with Crippen LogP contribution in [0.2, 0.25) is 0 Å². The van der Waals surface area contributed by atoms with Crippen molar-refractivity contribution in [3.05, 3.63) is 58.2 Å². The SMILES string of the molecule is CCn1c(-c2cccnc2C(C)C)c2c3cc(ccc31)-c1csc(n1)C[C@H](NC(=O)[C@H](C(C)C)N(C)C(=O)N1CC[C@H](N(C)C(=O)[C@H]3CN3)C1)C(=O)N1CCC[C@H](N1)C(=O)OCC(C)(C)C2. The van der Waals surface area contributed by atoms with Crippen LogP contribution in [-0.2, 0) is 43.3 Å². The molecule has 4 aromatic rings. The highest BCUT2D eigenvalue weighted by Crippen LogP contribution is 2.42. The van der Waals surface area contributed by atoms with Gasteiger partial charge in [-0.2, -0.15) is 0 Å². The van der Waals surface area contributed by atoms with E-state index in [1.165, 1.54) is 21.2 Å². The fraction of sp³-hybridized carbons (Fsp3) is 0.571. The topological polar surface area (TPSA) is 184 Å². The number of carbonyl (C=O) groups excluding carboxylic acids is 5. The summed E-state index contributed by atoms with van der Waals surface area (Å²) in [5, 5.41) is 11.3. The van der Waals surface area contributed by atoms with Gasteiger partial charge in [0.05, 0.1) is 40.8 Å². The first-order chi connectivity index (χ1) is 31.5. The van der Waals surface area contributed by atoms with Gasteiger partial charge in [-0.15, -0.1) is 11.3 Å². The number of hydrazine groups is 1. The molecule has 0 aliphatic carbocycles. The highest BCUT2D eigenvalue weighted by atomic mass is 32.1. The fourth-order valence-electron chi connectivity index (χ4n) is 10.0. The van der Waals surface area contributed by atoms with Crippen LogP contribution < -0.4 is 16.1 Å². The molecular weight excluding hydrogens is 857 g/mol. The number of likely N-dealkylation sites (tertiary alicyclic amines) is 1. The molecule has 3 saturated heterocycles. The first kappa shape index (κ1) is 47.1. The number of aromatic nitrogens is 3. The number of cyclic esters (lactones) is 1. The Morgan fingerprint density at radius 3 is 2.56 bits per heavy atom. The highest BCUT2D eigenvalue weighted by molar-refractivity contribution is 7.10. The van der Waals surface area contributed by atoms with Crippen LogP contribution in [0, 0.1) is 11.3 Å². The third kappa shape index (κ3) is 9.56. The average molecular weight is 923 g/mol. The van der Waals surface area contributed by atoms with Crippen LogP contribution in [0.3, 0.4) is 0 Å². The summed E-state index contributed by atoms with van der Waals surface area (Å²) in [4.78, 5) is 84.7. The molecule has 354 valence electrons. The monoisotopic (exact) mass is 922 g/mol. The second-order valence-corrected chi connectivity index (χ2v) is 20.9. The van der Waals surface area contributed by atoms with E-state index < -0.39 is 41.3 Å². The molecule has 8 rings (SSSR count). The number of hydrogen-bond acceptors (Lipinski definition) is 11. The van der Waals surface area contributed by atoms with Gasteiger partial charge in [0.25, 0.3) is 5.91 Å². The van der Waals surface area contributed by atoms with Gasteiger partial charge in [-0.25, -0.2) is 15.2 Å². The maximum Gasteiger partial charge on any atom is 0.324 e. The number of benzene rings is 1. The quantitative estimate of drug-likeness (QED) is 0.149.